The van der Waals surface area contributed by atoms with Crippen LogP contribution in [0.4, 0.5) is 5.69 Å². The maximum Gasteiger partial charge on any atom is 0.152 e. The third-order valence-corrected chi connectivity index (χ3v) is 4.05. The number of hydrogen-bond acceptors (Lipinski definition) is 3. The highest BCUT2D eigenvalue weighted by Crippen LogP contribution is 2.23. The number of anilines is 1. The van der Waals surface area contributed by atoms with Gasteiger partial charge in [-0.25, -0.2) is 4.98 Å². The number of halogens is 2. The molecule has 0 amide bonds. The highest BCUT2D eigenvalue weighted by Gasteiger charge is 2.02. The van der Waals surface area contributed by atoms with Crippen LogP contribution in [-0.4, -0.2) is 4.98 Å². The Labute approximate surface area is 112 Å². The molecule has 0 saturated heterocycles. The molecule has 0 aliphatic rings. The molecule has 2 heterocycles. The minimum absolute atomic E-state index is 0.515. The summed E-state index contributed by atoms with van der Waals surface area (Å²) in [6.45, 7) is 2.76. The van der Waals surface area contributed by atoms with E-state index in [2.05, 4.69) is 37.7 Å². The molecular formula is C11H10BrClN2S. The first-order valence-corrected chi connectivity index (χ1v) is 6.79. The van der Waals surface area contributed by atoms with Crippen LogP contribution < -0.4 is 5.32 Å². The predicted octanol–water partition coefficient (Wildman–Crippen LogP) is 4.48. The van der Waals surface area contributed by atoms with Gasteiger partial charge >= 0.3 is 0 Å². The number of thiophene rings is 1. The van der Waals surface area contributed by atoms with Crippen LogP contribution in [-0.2, 0) is 6.54 Å². The Balaban J connectivity index is 2.07. The maximum absolute atomic E-state index is 5.99. The third-order valence-electron chi connectivity index (χ3n) is 2.05. The van der Waals surface area contributed by atoms with E-state index in [0.717, 1.165) is 22.3 Å². The van der Waals surface area contributed by atoms with Gasteiger partial charge in [0.25, 0.3) is 0 Å². The van der Waals surface area contributed by atoms with Crippen molar-refractivity contribution in [2.24, 2.45) is 0 Å². The lowest BCUT2D eigenvalue weighted by molar-refractivity contribution is 1.16. The summed E-state index contributed by atoms with van der Waals surface area (Å²) in [4.78, 5) is 5.35. The SMILES string of the molecule is Cc1cnc(Cl)c(NCc2cc(Br)cs2)c1. The summed E-state index contributed by atoms with van der Waals surface area (Å²) in [7, 11) is 0. The van der Waals surface area contributed by atoms with Crippen molar-refractivity contribution in [3.63, 3.8) is 0 Å². The van der Waals surface area contributed by atoms with E-state index in [9.17, 15) is 0 Å². The Morgan fingerprint density at radius 2 is 2.31 bits per heavy atom. The average Bonchev–Trinajstić information content (AvgIpc) is 2.66. The van der Waals surface area contributed by atoms with E-state index in [1.54, 1.807) is 17.5 Å². The van der Waals surface area contributed by atoms with Gasteiger partial charge in [-0.2, -0.15) is 0 Å². The molecule has 0 saturated carbocycles. The van der Waals surface area contributed by atoms with Gasteiger partial charge in [0.1, 0.15) is 0 Å². The molecule has 1 N–H and O–H groups in total. The summed E-state index contributed by atoms with van der Waals surface area (Å²) in [5.41, 5.74) is 1.98. The number of pyridine rings is 1. The number of aryl methyl sites for hydroxylation is 1. The normalized spacial score (nSPS) is 10.4. The van der Waals surface area contributed by atoms with Crippen molar-refractivity contribution in [2.45, 2.75) is 13.5 Å². The van der Waals surface area contributed by atoms with Crippen LogP contribution in [0.2, 0.25) is 5.15 Å². The van der Waals surface area contributed by atoms with Crippen molar-refractivity contribution in [3.8, 4) is 0 Å². The number of rotatable bonds is 3. The maximum atomic E-state index is 5.99. The molecule has 0 fully saturated rings. The lowest BCUT2D eigenvalue weighted by atomic mass is 10.3. The topological polar surface area (TPSA) is 24.9 Å². The fourth-order valence-electron chi connectivity index (χ4n) is 1.31. The molecule has 0 bridgehead atoms. The van der Waals surface area contributed by atoms with Gasteiger partial charge in [0.15, 0.2) is 5.15 Å². The lowest BCUT2D eigenvalue weighted by Crippen LogP contribution is -1.99. The zero-order valence-electron chi connectivity index (χ0n) is 8.63. The van der Waals surface area contributed by atoms with Crippen molar-refractivity contribution in [1.82, 2.24) is 4.98 Å². The first kappa shape index (κ1) is 11.9. The Morgan fingerprint density at radius 1 is 1.50 bits per heavy atom. The van der Waals surface area contributed by atoms with Gasteiger partial charge in [-0.15, -0.1) is 11.3 Å². The molecule has 2 rings (SSSR count). The molecule has 0 spiro atoms. The minimum atomic E-state index is 0.515. The van der Waals surface area contributed by atoms with Gasteiger partial charge in [-0.3, -0.25) is 0 Å². The van der Waals surface area contributed by atoms with Crippen LogP contribution in [0.1, 0.15) is 10.4 Å². The van der Waals surface area contributed by atoms with Gasteiger partial charge in [-0.05, 0) is 40.5 Å². The summed E-state index contributed by atoms with van der Waals surface area (Å²) in [5.74, 6) is 0. The number of nitrogens with zero attached hydrogens (tertiary/aromatic N) is 1. The molecule has 0 atom stereocenters. The van der Waals surface area contributed by atoms with Crippen molar-refractivity contribution in [1.29, 1.82) is 0 Å². The quantitative estimate of drug-likeness (QED) is 0.844. The minimum Gasteiger partial charge on any atom is -0.378 e. The Kier molecular flexibility index (Phi) is 3.84. The van der Waals surface area contributed by atoms with Crippen molar-refractivity contribution < 1.29 is 0 Å². The second-order valence-electron chi connectivity index (χ2n) is 3.44. The smallest absolute Gasteiger partial charge is 0.152 e. The van der Waals surface area contributed by atoms with E-state index in [1.807, 2.05) is 13.0 Å². The first-order valence-electron chi connectivity index (χ1n) is 4.74. The Hall–Kier alpha value is -0.580. The van der Waals surface area contributed by atoms with E-state index >= 15 is 0 Å². The fourth-order valence-corrected chi connectivity index (χ4v) is 2.87. The zero-order valence-corrected chi connectivity index (χ0v) is 11.8. The zero-order chi connectivity index (χ0) is 11.5. The van der Waals surface area contributed by atoms with Gasteiger partial charge < -0.3 is 5.32 Å². The Bertz CT molecular complexity index is 498. The molecule has 84 valence electrons. The van der Waals surface area contributed by atoms with Gasteiger partial charge in [0, 0.05) is 27.5 Å². The molecule has 0 aromatic carbocycles. The second kappa shape index (κ2) is 5.17. The van der Waals surface area contributed by atoms with Gasteiger partial charge in [-0.1, -0.05) is 11.6 Å². The molecular weight excluding hydrogens is 308 g/mol. The summed E-state index contributed by atoms with van der Waals surface area (Å²) < 4.78 is 1.11. The van der Waals surface area contributed by atoms with Crippen molar-refractivity contribution >= 4 is 44.6 Å². The summed E-state index contributed by atoms with van der Waals surface area (Å²) >= 11 is 11.1. The van der Waals surface area contributed by atoms with Crippen molar-refractivity contribution in [2.75, 3.05) is 5.32 Å². The average molecular weight is 318 g/mol. The van der Waals surface area contributed by atoms with E-state index < -0.39 is 0 Å². The van der Waals surface area contributed by atoms with Crippen LogP contribution in [0.15, 0.2) is 28.2 Å². The van der Waals surface area contributed by atoms with Crippen LogP contribution in [0, 0.1) is 6.92 Å². The summed E-state index contributed by atoms with van der Waals surface area (Å²) in [6, 6.07) is 4.09. The molecule has 16 heavy (non-hydrogen) atoms. The van der Waals surface area contributed by atoms with Crippen LogP contribution in [0.3, 0.4) is 0 Å². The summed E-state index contributed by atoms with van der Waals surface area (Å²) in [6.07, 6.45) is 1.76. The lowest BCUT2D eigenvalue weighted by Gasteiger charge is -2.07. The molecule has 0 aliphatic carbocycles. The van der Waals surface area contributed by atoms with Crippen LogP contribution >= 0.6 is 38.9 Å². The molecule has 2 nitrogen and oxygen atoms in total. The predicted molar refractivity (Wildman–Crippen MR) is 73.3 cm³/mol. The molecule has 0 aliphatic heterocycles. The fraction of sp³-hybridized carbons (Fsp3) is 0.182. The molecule has 2 aromatic heterocycles. The highest BCUT2D eigenvalue weighted by molar-refractivity contribution is 9.10. The largest absolute Gasteiger partial charge is 0.378 e. The second-order valence-corrected chi connectivity index (χ2v) is 5.71. The van der Waals surface area contributed by atoms with Crippen molar-refractivity contribution in [3.05, 3.63) is 43.8 Å². The molecule has 5 heteroatoms. The van der Waals surface area contributed by atoms with E-state index in [1.165, 1.54) is 4.88 Å². The summed E-state index contributed by atoms with van der Waals surface area (Å²) in [5, 5.41) is 5.86. The molecule has 0 unspecified atom stereocenters. The number of hydrogen-bond donors (Lipinski definition) is 1. The first-order chi connectivity index (χ1) is 7.65. The monoisotopic (exact) mass is 316 g/mol. The number of nitrogens with one attached hydrogen (secondary N) is 1. The van der Waals surface area contributed by atoms with Gasteiger partial charge in [0.05, 0.1) is 5.69 Å². The van der Waals surface area contributed by atoms with E-state index in [0.29, 0.717) is 5.15 Å². The molecule has 0 radical (unpaired) electrons. The third kappa shape index (κ3) is 2.97. The highest BCUT2D eigenvalue weighted by atomic mass is 79.9. The number of aromatic nitrogens is 1. The molecule has 2 aromatic rings. The van der Waals surface area contributed by atoms with E-state index in [4.69, 9.17) is 11.6 Å². The Morgan fingerprint density at radius 3 is 3.00 bits per heavy atom. The van der Waals surface area contributed by atoms with Crippen LogP contribution in [0.5, 0.6) is 0 Å². The van der Waals surface area contributed by atoms with Crippen LogP contribution in [0.25, 0.3) is 0 Å². The van der Waals surface area contributed by atoms with Gasteiger partial charge in [0.2, 0.25) is 0 Å². The standard InChI is InChI=1S/C11H10BrClN2S/c1-7-2-10(11(13)15-4-7)14-5-9-3-8(12)6-16-9/h2-4,6,14H,5H2,1H3. The van der Waals surface area contributed by atoms with E-state index in [-0.39, 0.29) is 0 Å².